The van der Waals surface area contributed by atoms with Crippen molar-refractivity contribution in [2.45, 2.75) is 58.0 Å². The lowest BCUT2D eigenvalue weighted by molar-refractivity contribution is 0.622. The molecule has 0 unspecified atom stereocenters. The second kappa shape index (κ2) is 12.8. The lowest BCUT2D eigenvalue weighted by Crippen LogP contribution is -2.40. The zero-order valence-corrected chi connectivity index (χ0v) is 33.7. The van der Waals surface area contributed by atoms with Crippen LogP contribution >= 0.6 is 0 Å². The van der Waals surface area contributed by atoms with Gasteiger partial charge in [-0.1, -0.05) is 166 Å². The molecule has 2 nitrogen and oxygen atoms in total. The molecule has 0 aromatic heterocycles. The molecule has 57 heavy (non-hydrogen) atoms. The second-order valence-electron chi connectivity index (χ2n) is 17.6. The van der Waals surface area contributed by atoms with Crippen LogP contribution in [0.1, 0.15) is 74.9 Å². The minimum atomic E-state index is -0.162. The molecule has 3 aliphatic rings. The molecule has 0 saturated heterocycles. The molecule has 0 saturated carbocycles. The van der Waals surface area contributed by atoms with Gasteiger partial charge in [0, 0.05) is 33.6 Å². The Labute approximate surface area is 337 Å². The third kappa shape index (κ3) is 5.69. The standard InChI is InChI=1S/C55H48N2/c1-53(2)33-31-40-13-7-11-17-50(40)56(53)42-26-28-46-45-27-23-38(35-48(45)55(5,6)49(46)36-42)20-19-37-21-24-39(25-22-37)43-29-30-52(47-16-10-9-15-44(43)47)57-51-18-12-8-14-41(51)32-34-54(57,3)4/h7-36H,1-6H3. The Bertz CT molecular complexity index is 2830. The summed E-state index contributed by atoms with van der Waals surface area (Å²) in [5, 5.41) is 2.52. The fraction of sp³-hybridized carbons (Fsp3) is 0.164. The van der Waals surface area contributed by atoms with E-state index in [9.17, 15) is 0 Å². The van der Waals surface area contributed by atoms with E-state index in [4.69, 9.17) is 0 Å². The summed E-state index contributed by atoms with van der Waals surface area (Å²) in [6.45, 7) is 13.9. The van der Waals surface area contributed by atoms with Crippen molar-refractivity contribution in [3.8, 4) is 22.3 Å². The zero-order chi connectivity index (χ0) is 39.1. The summed E-state index contributed by atoms with van der Waals surface area (Å²) in [6.07, 6.45) is 13.7. The Morgan fingerprint density at radius 3 is 1.65 bits per heavy atom. The molecule has 0 spiro atoms. The van der Waals surface area contributed by atoms with Gasteiger partial charge < -0.3 is 9.80 Å². The minimum Gasteiger partial charge on any atom is -0.332 e. The number of nitrogens with zero attached hydrogens (tertiary/aromatic N) is 2. The van der Waals surface area contributed by atoms with Gasteiger partial charge in [0.1, 0.15) is 0 Å². The quantitative estimate of drug-likeness (QED) is 0.162. The first kappa shape index (κ1) is 35.1. The van der Waals surface area contributed by atoms with Crippen LogP contribution in [0.3, 0.4) is 0 Å². The molecule has 0 fully saturated rings. The van der Waals surface area contributed by atoms with Crippen LogP contribution in [0.25, 0.3) is 57.3 Å². The molecular weight excluding hydrogens is 689 g/mol. The number of benzene rings is 7. The SMILES string of the molecule is CC1(C)c2cc(C=Cc3ccc(-c4ccc(N5c6ccccc6C=CC5(C)C)c5ccccc45)cc3)ccc2-c2ccc(N3c4ccccc4C=CC3(C)C)cc21. The Balaban J connectivity index is 0.925. The van der Waals surface area contributed by atoms with Crippen molar-refractivity contribution in [1.29, 1.82) is 0 Å². The fourth-order valence-corrected chi connectivity index (χ4v) is 9.62. The van der Waals surface area contributed by atoms with Gasteiger partial charge in [-0.3, -0.25) is 0 Å². The van der Waals surface area contributed by atoms with Gasteiger partial charge in [-0.15, -0.1) is 0 Å². The van der Waals surface area contributed by atoms with Gasteiger partial charge in [0.15, 0.2) is 0 Å². The van der Waals surface area contributed by atoms with E-state index >= 15 is 0 Å². The number of hydrogen-bond donors (Lipinski definition) is 0. The maximum atomic E-state index is 2.49. The van der Waals surface area contributed by atoms with Crippen LogP contribution in [-0.2, 0) is 5.41 Å². The second-order valence-corrected chi connectivity index (χ2v) is 17.6. The molecule has 0 atom stereocenters. The van der Waals surface area contributed by atoms with Crippen LogP contribution in [0.15, 0.2) is 158 Å². The largest absolute Gasteiger partial charge is 0.332 e. The molecule has 7 aromatic carbocycles. The molecular formula is C55H48N2. The Hall–Kier alpha value is -6.38. The average Bonchev–Trinajstić information content (AvgIpc) is 3.44. The lowest BCUT2D eigenvalue weighted by atomic mass is 9.81. The van der Waals surface area contributed by atoms with Crippen LogP contribution in [0, 0.1) is 0 Å². The summed E-state index contributed by atoms with van der Waals surface area (Å²) < 4.78 is 0. The summed E-state index contributed by atoms with van der Waals surface area (Å²) >= 11 is 0. The van der Waals surface area contributed by atoms with E-state index in [1.165, 1.54) is 89.2 Å². The topological polar surface area (TPSA) is 6.48 Å². The summed E-state index contributed by atoms with van der Waals surface area (Å²) in [4.78, 5) is 4.98. The number of anilines is 4. The maximum Gasteiger partial charge on any atom is 0.0581 e. The normalized spacial score (nSPS) is 16.7. The first-order chi connectivity index (χ1) is 27.5. The van der Waals surface area contributed by atoms with Crippen molar-refractivity contribution in [2.24, 2.45) is 0 Å². The van der Waals surface area contributed by atoms with Crippen molar-refractivity contribution >= 4 is 57.8 Å². The van der Waals surface area contributed by atoms with Crippen molar-refractivity contribution in [2.75, 3.05) is 9.80 Å². The smallest absolute Gasteiger partial charge is 0.0581 e. The van der Waals surface area contributed by atoms with Crippen molar-refractivity contribution in [3.05, 3.63) is 191 Å². The molecule has 0 N–H and O–H groups in total. The maximum absolute atomic E-state index is 2.49. The molecule has 2 aliphatic heterocycles. The highest BCUT2D eigenvalue weighted by Crippen LogP contribution is 2.52. The molecule has 10 rings (SSSR count). The summed E-state index contributed by atoms with van der Waals surface area (Å²) in [6, 6.07) is 54.0. The van der Waals surface area contributed by atoms with E-state index in [2.05, 4.69) is 233 Å². The Morgan fingerprint density at radius 2 is 0.947 bits per heavy atom. The molecule has 0 bridgehead atoms. The summed E-state index contributed by atoms with van der Waals surface area (Å²) in [5.41, 5.74) is 17.4. The van der Waals surface area contributed by atoms with E-state index < -0.39 is 0 Å². The molecule has 2 heteroatoms. The zero-order valence-electron chi connectivity index (χ0n) is 33.7. The van der Waals surface area contributed by atoms with Gasteiger partial charge in [-0.25, -0.2) is 0 Å². The number of hydrogen-bond acceptors (Lipinski definition) is 2. The van der Waals surface area contributed by atoms with E-state index in [1.807, 2.05) is 0 Å². The third-order valence-corrected chi connectivity index (χ3v) is 12.6. The van der Waals surface area contributed by atoms with Crippen LogP contribution in [-0.4, -0.2) is 11.1 Å². The van der Waals surface area contributed by atoms with Crippen LogP contribution in [0.4, 0.5) is 22.7 Å². The van der Waals surface area contributed by atoms with Gasteiger partial charge >= 0.3 is 0 Å². The first-order valence-corrected chi connectivity index (χ1v) is 20.3. The van der Waals surface area contributed by atoms with E-state index in [1.54, 1.807) is 0 Å². The highest BCUT2D eigenvalue weighted by atomic mass is 15.2. The predicted octanol–water partition coefficient (Wildman–Crippen LogP) is 14.9. The van der Waals surface area contributed by atoms with E-state index in [-0.39, 0.29) is 16.5 Å². The third-order valence-electron chi connectivity index (χ3n) is 12.6. The summed E-state index contributed by atoms with van der Waals surface area (Å²) in [5.74, 6) is 0. The molecule has 0 amide bonds. The number of fused-ring (bicyclic) bond motifs is 6. The minimum absolute atomic E-state index is 0.121. The molecule has 0 radical (unpaired) electrons. The van der Waals surface area contributed by atoms with Crippen LogP contribution in [0.5, 0.6) is 0 Å². The van der Waals surface area contributed by atoms with Gasteiger partial charge in [-0.2, -0.15) is 0 Å². The Morgan fingerprint density at radius 1 is 0.421 bits per heavy atom. The molecule has 1 aliphatic carbocycles. The van der Waals surface area contributed by atoms with Crippen molar-refractivity contribution < 1.29 is 0 Å². The van der Waals surface area contributed by atoms with Gasteiger partial charge in [0.25, 0.3) is 0 Å². The number of rotatable bonds is 5. The van der Waals surface area contributed by atoms with Gasteiger partial charge in [0.05, 0.1) is 11.1 Å². The van der Waals surface area contributed by atoms with Crippen molar-refractivity contribution in [1.82, 2.24) is 0 Å². The van der Waals surface area contributed by atoms with E-state index in [0.717, 1.165) is 0 Å². The Kier molecular flexibility index (Phi) is 7.89. The van der Waals surface area contributed by atoms with Gasteiger partial charge in [-0.05, 0) is 119 Å². The monoisotopic (exact) mass is 736 g/mol. The highest BCUT2D eigenvalue weighted by molar-refractivity contribution is 6.06. The molecule has 7 aromatic rings. The molecule has 278 valence electrons. The van der Waals surface area contributed by atoms with Crippen LogP contribution < -0.4 is 9.80 Å². The predicted molar refractivity (Wildman–Crippen MR) is 246 cm³/mol. The molecule has 2 heterocycles. The van der Waals surface area contributed by atoms with Crippen molar-refractivity contribution in [3.63, 3.8) is 0 Å². The van der Waals surface area contributed by atoms with Crippen LogP contribution in [0.2, 0.25) is 0 Å². The van der Waals surface area contributed by atoms with E-state index in [0.29, 0.717) is 0 Å². The first-order valence-electron chi connectivity index (χ1n) is 20.3. The fourth-order valence-electron chi connectivity index (χ4n) is 9.62. The summed E-state index contributed by atoms with van der Waals surface area (Å²) in [7, 11) is 0. The van der Waals surface area contributed by atoms with Gasteiger partial charge in [0.2, 0.25) is 0 Å². The average molecular weight is 737 g/mol. The highest BCUT2D eigenvalue weighted by Gasteiger charge is 2.38. The lowest BCUT2D eigenvalue weighted by Gasteiger charge is -2.42. The number of para-hydroxylation sites is 2.